The van der Waals surface area contributed by atoms with Gasteiger partial charge in [0.2, 0.25) is 5.91 Å². The molecule has 0 saturated carbocycles. The first-order valence-corrected chi connectivity index (χ1v) is 6.89. The fourth-order valence-corrected chi connectivity index (χ4v) is 2.34. The van der Waals surface area contributed by atoms with Crippen molar-refractivity contribution in [2.75, 3.05) is 24.6 Å². The van der Waals surface area contributed by atoms with Gasteiger partial charge in [0.1, 0.15) is 6.04 Å². The molecule has 0 spiro atoms. The summed E-state index contributed by atoms with van der Waals surface area (Å²) in [6, 6.07) is 7.64. The van der Waals surface area contributed by atoms with Gasteiger partial charge in [-0.2, -0.15) is 0 Å². The summed E-state index contributed by atoms with van der Waals surface area (Å²) in [5.74, 6) is 0.443. The Balaban J connectivity index is 2.21. The van der Waals surface area contributed by atoms with E-state index in [9.17, 15) is 9.90 Å². The van der Waals surface area contributed by atoms with E-state index in [0.29, 0.717) is 12.5 Å². The normalized spacial score (nSPS) is 20.7. The van der Waals surface area contributed by atoms with E-state index in [1.54, 1.807) is 4.90 Å². The molecule has 1 aliphatic rings. The zero-order valence-corrected chi connectivity index (χ0v) is 11.6. The molecule has 0 aromatic heterocycles. The Morgan fingerprint density at radius 3 is 2.63 bits per heavy atom. The molecule has 1 aromatic carbocycles. The van der Waals surface area contributed by atoms with E-state index >= 15 is 0 Å². The molecule has 0 bridgehead atoms. The highest BCUT2D eigenvalue weighted by Crippen LogP contribution is 2.21. The average molecular weight is 262 g/mol. The van der Waals surface area contributed by atoms with Crippen molar-refractivity contribution in [3.05, 3.63) is 29.8 Å². The summed E-state index contributed by atoms with van der Waals surface area (Å²) in [6.45, 7) is 5.61. The maximum atomic E-state index is 12.3. The second-order valence-corrected chi connectivity index (χ2v) is 5.28. The summed E-state index contributed by atoms with van der Waals surface area (Å²) in [7, 11) is 0. The first kappa shape index (κ1) is 14.0. The highest BCUT2D eigenvalue weighted by atomic mass is 16.3. The Hall–Kier alpha value is -1.39. The van der Waals surface area contributed by atoms with Crippen LogP contribution in [-0.2, 0) is 4.79 Å². The molecule has 4 nitrogen and oxygen atoms in total. The minimum atomic E-state index is -0.479. The first-order chi connectivity index (χ1) is 9.13. The first-order valence-electron chi connectivity index (χ1n) is 6.89. The summed E-state index contributed by atoms with van der Waals surface area (Å²) in [5, 5.41) is 12.3. The van der Waals surface area contributed by atoms with Gasteiger partial charge in [-0.3, -0.25) is 4.79 Å². The van der Waals surface area contributed by atoms with E-state index in [2.05, 4.69) is 31.3 Å². The van der Waals surface area contributed by atoms with Crippen molar-refractivity contribution in [2.24, 2.45) is 0 Å². The maximum Gasteiger partial charge on any atom is 0.246 e. The third-order valence-corrected chi connectivity index (χ3v) is 3.57. The largest absolute Gasteiger partial charge is 0.394 e. The van der Waals surface area contributed by atoms with Crippen LogP contribution in [0.3, 0.4) is 0 Å². The van der Waals surface area contributed by atoms with Crippen LogP contribution in [0.4, 0.5) is 5.69 Å². The Labute approximate surface area is 114 Å². The van der Waals surface area contributed by atoms with Gasteiger partial charge in [-0.05, 0) is 36.6 Å². The van der Waals surface area contributed by atoms with Crippen LogP contribution >= 0.6 is 0 Å². The minimum Gasteiger partial charge on any atom is -0.394 e. The van der Waals surface area contributed by atoms with Gasteiger partial charge >= 0.3 is 0 Å². The zero-order valence-electron chi connectivity index (χ0n) is 11.6. The predicted octanol–water partition coefficient (Wildman–Crippen LogP) is 1.50. The number of anilines is 1. The van der Waals surface area contributed by atoms with Crippen LogP contribution < -0.4 is 10.2 Å². The lowest BCUT2D eigenvalue weighted by molar-refractivity contribution is -0.121. The molecule has 1 fully saturated rings. The second kappa shape index (κ2) is 6.17. The van der Waals surface area contributed by atoms with Crippen LogP contribution in [0.15, 0.2) is 24.3 Å². The zero-order chi connectivity index (χ0) is 13.8. The van der Waals surface area contributed by atoms with E-state index in [-0.39, 0.29) is 12.5 Å². The number of carbonyl (C=O) groups is 1. The molecule has 19 heavy (non-hydrogen) atoms. The Morgan fingerprint density at radius 2 is 2.05 bits per heavy atom. The van der Waals surface area contributed by atoms with Crippen molar-refractivity contribution in [3.8, 4) is 0 Å². The van der Waals surface area contributed by atoms with Gasteiger partial charge in [0.05, 0.1) is 6.61 Å². The van der Waals surface area contributed by atoms with Gasteiger partial charge in [0.15, 0.2) is 0 Å². The lowest BCUT2D eigenvalue weighted by Crippen LogP contribution is -2.45. The standard InChI is InChI=1S/C15H22N2O2/c1-11(2)12-4-6-13(7-5-12)17-9-3-8-16-14(10-18)15(17)19/h4-7,11,14,16,18H,3,8-10H2,1-2H3. The molecule has 1 amide bonds. The van der Waals surface area contributed by atoms with Crippen LogP contribution in [-0.4, -0.2) is 36.8 Å². The van der Waals surface area contributed by atoms with Crippen molar-refractivity contribution < 1.29 is 9.90 Å². The van der Waals surface area contributed by atoms with Gasteiger partial charge in [-0.1, -0.05) is 26.0 Å². The van der Waals surface area contributed by atoms with Crippen molar-refractivity contribution in [3.63, 3.8) is 0 Å². The van der Waals surface area contributed by atoms with Crippen molar-refractivity contribution in [1.82, 2.24) is 5.32 Å². The van der Waals surface area contributed by atoms with Gasteiger partial charge in [-0.25, -0.2) is 0 Å². The van der Waals surface area contributed by atoms with Crippen molar-refractivity contribution in [1.29, 1.82) is 0 Å². The number of carbonyl (C=O) groups excluding carboxylic acids is 1. The molecule has 4 heteroatoms. The van der Waals surface area contributed by atoms with Crippen molar-refractivity contribution >= 4 is 11.6 Å². The van der Waals surface area contributed by atoms with Gasteiger partial charge < -0.3 is 15.3 Å². The Morgan fingerprint density at radius 1 is 1.37 bits per heavy atom. The molecular formula is C15H22N2O2. The fourth-order valence-electron chi connectivity index (χ4n) is 2.34. The predicted molar refractivity (Wildman–Crippen MR) is 76.4 cm³/mol. The average Bonchev–Trinajstić information content (AvgIpc) is 2.60. The number of amides is 1. The maximum absolute atomic E-state index is 12.3. The molecule has 0 radical (unpaired) electrons. The number of benzene rings is 1. The van der Waals surface area contributed by atoms with Gasteiger partial charge in [0, 0.05) is 12.2 Å². The third kappa shape index (κ3) is 3.14. The summed E-state index contributed by atoms with van der Waals surface area (Å²) in [5.41, 5.74) is 2.18. The van der Waals surface area contributed by atoms with Crippen LogP contribution in [0.1, 0.15) is 31.7 Å². The number of hydrogen-bond acceptors (Lipinski definition) is 3. The highest BCUT2D eigenvalue weighted by Gasteiger charge is 2.26. The van der Waals surface area contributed by atoms with E-state index < -0.39 is 6.04 Å². The molecule has 1 saturated heterocycles. The number of aliphatic hydroxyl groups excluding tert-OH is 1. The number of nitrogens with one attached hydrogen (secondary N) is 1. The molecule has 2 N–H and O–H groups in total. The number of nitrogens with zero attached hydrogens (tertiary/aromatic N) is 1. The van der Waals surface area contributed by atoms with Crippen LogP contribution in [0.5, 0.6) is 0 Å². The molecule has 0 aliphatic carbocycles. The van der Waals surface area contributed by atoms with Gasteiger partial charge in [-0.15, -0.1) is 0 Å². The van der Waals surface area contributed by atoms with E-state index in [0.717, 1.165) is 18.7 Å². The quantitative estimate of drug-likeness (QED) is 0.868. The number of rotatable bonds is 3. The SMILES string of the molecule is CC(C)c1ccc(N2CCCNC(CO)C2=O)cc1. The monoisotopic (exact) mass is 262 g/mol. The summed E-state index contributed by atoms with van der Waals surface area (Å²) < 4.78 is 0. The fraction of sp³-hybridized carbons (Fsp3) is 0.533. The Bertz CT molecular complexity index is 428. The summed E-state index contributed by atoms with van der Waals surface area (Å²) in [4.78, 5) is 14.1. The van der Waals surface area contributed by atoms with Gasteiger partial charge in [0.25, 0.3) is 0 Å². The second-order valence-electron chi connectivity index (χ2n) is 5.28. The molecule has 1 unspecified atom stereocenters. The lowest BCUT2D eigenvalue weighted by Gasteiger charge is -2.24. The van der Waals surface area contributed by atoms with E-state index in [1.807, 2.05) is 12.1 Å². The number of hydrogen-bond donors (Lipinski definition) is 2. The summed E-state index contributed by atoms with van der Waals surface area (Å²) in [6.07, 6.45) is 0.897. The molecule has 1 atom stereocenters. The molecular weight excluding hydrogens is 240 g/mol. The molecule has 1 aliphatic heterocycles. The molecule has 104 valence electrons. The molecule has 1 heterocycles. The Kier molecular flexibility index (Phi) is 4.56. The van der Waals surface area contributed by atoms with Crippen LogP contribution in [0.25, 0.3) is 0 Å². The molecule has 2 rings (SSSR count). The smallest absolute Gasteiger partial charge is 0.246 e. The summed E-state index contributed by atoms with van der Waals surface area (Å²) >= 11 is 0. The van der Waals surface area contributed by atoms with E-state index in [1.165, 1.54) is 5.56 Å². The highest BCUT2D eigenvalue weighted by molar-refractivity contribution is 5.97. The number of aliphatic hydroxyl groups is 1. The molecule has 1 aromatic rings. The van der Waals surface area contributed by atoms with E-state index in [4.69, 9.17) is 0 Å². The topological polar surface area (TPSA) is 52.6 Å². The minimum absolute atomic E-state index is 0.0442. The van der Waals surface area contributed by atoms with Crippen LogP contribution in [0.2, 0.25) is 0 Å². The third-order valence-electron chi connectivity index (χ3n) is 3.57. The van der Waals surface area contributed by atoms with Crippen LogP contribution in [0, 0.1) is 0 Å². The lowest BCUT2D eigenvalue weighted by atomic mass is 10.0. The van der Waals surface area contributed by atoms with Crippen molar-refractivity contribution in [2.45, 2.75) is 32.2 Å².